The Morgan fingerprint density at radius 1 is 1.47 bits per heavy atom. The first kappa shape index (κ1) is 12.4. The number of rotatable bonds is 3. The molecule has 2 unspecified atom stereocenters. The van der Waals surface area contributed by atoms with E-state index in [9.17, 15) is 0 Å². The summed E-state index contributed by atoms with van der Waals surface area (Å²) in [4.78, 5) is 0. The van der Waals surface area contributed by atoms with E-state index in [0.29, 0.717) is 0 Å². The summed E-state index contributed by atoms with van der Waals surface area (Å²) in [5, 5.41) is 0. The van der Waals surface area contributed by atoms with Crippen molar-refractivity contribution in [2.75, 3.05) is 7.11 Å². The van der Waals surface area contributed by atoms with Gasteiger partial charge in [-0.25, -0.2) is 0 Å². The molecule has 1 aliphatic rings. The molecule has 0 amide bonds. The fraction of sp³-hybridized carbons (Fsp3) is 0.600. The molecule has 1 saturated carbocycles. The average Bonchev–Trinajstić information content (AvgIpc) is 2.72. The fourth-order valence-electron chi connectivity index (χ4n) is 2.98. The van der Waals surface area contributed by atoms with Crippen molar-refractivity contribution >= 4 is 0 Å². The molecule has 2 heteroatoms. The molecular weight excluding hydrogens is 210 g/mol. The van der Waals surface area contributed by atoms with Crippen molar-refractivity contribution in [3.05, 3.63) is 29.3 Å². The second-order valence-electron chi connectivity index (χ2n) is 5.38. The number of aryl methyl sites for hydroxylation is 1. The molecule has 1 aromatic carbocycles. The lowest BCUT2D eigenvalue weighted by atomic mass is 9.86. The van der Waals surface area contributed by atoms with Gasteiger partial charge in [-0.3, -0.25) is 0 Å². The number of hydrogen-bond donors (Lipinski definition) is 1. The van der Waals surface area contributed by atoms with E-state index in [4.69, 9.17) is 10.5 Å². The zero-order valence-electron chi connectivity index (χ0n) is 11.1. The molecular formula is C15H23NO. The summed E-state index contributed by atoms with van der Waals surface area (Å²) in [7, 11) is 1.73. The maximum atomic E-state index is 6.61. The molecule has 94 valence electrons. The van der Waals surface area contributed by atoms with Crippen LogP contribution < -0.4 is 10.5 Å². The summed E-state index contributed by atoms with van der Waals surface area (Å²) in [5.41, 5.74) is 8.87. The van der Waals surface area contributed by atoms with Gasteiger partial charge in [-0.2, -0.15) is 0 Å². The Bertz CT molecular complexity index is 402. The standard InChI is InChI=1S/C15H23NO/c1-4-12-7-8-15(16,10-12)13-9-11(2)5-6-14(13)17-3/h5-6,9,12H,4,7-8,10,16H2,1-3H3. The maximum Gasteiger partial charge on any atom is 0.123 e. The molecule has 0 saturated heterocycles. The van der Waals surface area contributed by atoms with Gasteiger partial charge < -0.3 is 10.5 Å². The topological polar surface area (TPSA) is 35.2 Å². The van der Waals surface area contributed by atoms with E-state index in [-0.39, 0.29) is 5.54 Å². The smallest absolute Gasteiger partial charge is 0.123 e. The second kappa shape index (κ2) is 4.69. The highest BCUT2D eigenvalue weighted by molar-refractivity contribution is 5.42. The lowest BCUT2D eigenvalue weighted by molar-refractivity contribution is 0.370. The van der Waals surface area contributed by atoms with E-state index in [1.54, 1.807) is 7.11 Å². The summed E-state index contributed by atoms with van der Waals surface area (Å²) >= 11 is 0. The van der Waals surface area contributed by atoms with Crippen molar-refractivity contribution in [3.63, 3.8) is 0 Å². The van der Waals surface area contributed by atoms with Gasteiger partial charge in [0.05, 0.1) is 7.11 Å². The van der Waals surface area contributed by atoms with E-state index >= 15 is 0 Å². The Balaban J connectivity index is 2.36. The van der Waals surface area contributed by atoms with Gasteiger partial charge in [0.1, 0.15) is 5.75 Å². The Morgan fingerprint density at radius 3 is 2.82 bits per heavy atom. The minimum Gasteiger partial charge on any atom is -0.496 e. The number of nitrogens with two attached hydrogens (primary N) is 1. The molecule has 0 bridgehead atoms. The first-order valence-corrected chi connectivity index (χ1v) is 6.53. The van der Waals surface area contributed by atoms with Crippen LogP contribution in [0.4, 0.5) is 0 Å². The maximum absolute atomic E-state index is 6.61. The van der Waals surface area contributed by atoms with Crippen molar-refractivity contribution in [1.29, 1.82) is 0 Å². The van der Waals surface area contributed by atoms with Gasteiger partial charge in [-0.05, 0) is 38.2 Å². The van der Waals surface area contributed by atoms with Crippen molar-refractivity contribution in [3.8, 4) is 5.75 Å². The monoisotopic (exact) mass is 233 g/mol. The van der Waals surface area contributed by atoms with Crippen molar-refractivity contribution in [2.45, 2.75) is 45.1 Å². The van der Waals surface area contributed by atoms with Crippen LogP contribution in [-0.2, 0) is 5.54 Å². The first-order valence-electron chi connectivity index (χ1n) is 6.53. The quantitative estimate of drug-likeness (QED) is 0.868. The molecule has 0 heterocycles. The van der Waals surface area contributed by atoms with Crippen molar-refractivity contribution in [1.82, 2.24) is 0 Å². The van der Waals surface area contributed by atoms with E-state index < -0.39 is 0 Å². The van der Waals surface area contributed by atoms with E-state index in [2.05, 4.69) is 26.0 Å². The average molecular weight is 233 g/mol. The van der Waals surface area contributed by atoms with E-state index in [1.807, 2.05) is 6.07 Å². The predicted octanol–water partition coefficient (Wildman–Crippen LogP) is 3.37. The Morgan fingerprint density at radius 2 is 2.24 bits per heavy atom. The van der Waals surface area contributed by atoms with Gasteiger partial charge in [0.15, 0.2) is 0 Å². The lowest BCUT2D eigenvalue weighted by Gasteiger charge is -2.27. The largest absolute Gasteiger partial charge is 0.496 e. The second-order valence-corrected chi connectivity index (χ2v) is 5.38. The molecule has 2 rings (SSSR count). The molecule has 0 aliphatic heterocycles. The zero-order valence-corrected chi connectivity index (χ0v) is 11.1. The fourth-order valence-corrected chi connectivity index (χ4v) is 2.98. The third kappa shape index (κ3) is 2.32. The summed E-state index contributed by atoms with van der Waals surface area (Å²) in [6.45, 7) is 4.36. The summed E-state index contributed by atoms with van der Waals surface area (Å²) in [6.07, 6.45) is 4.63. The third-order valence-corrected chi connectivity index (χ3v) is 4.12. The molecule has 2 atom stereocenters. The van der Waals surface area contributed by atoms with Crippen LogP contribution in [0.25, 0.3) is 0 Å². The molecule has 1 aromatic rings. The number of hydrogen-bond acceptors (Lipinski definition) is 2. The van der Waals surface area contributed by atoms with Gasteiger partial charge in [0.25, 0.3) is 0 Å². The van der Waals surface area contributed by atoms with Crippen molar-refractivity contribution in [2.24, 2.45) is 11.7 Å². The SMILES string of the molecule is CCC1CCC(N)(c2cc(C)ccc2OC)C1. The summed E-state index contributed by atoms with van der Waals surface area (Å²) < 4.78 is 5.47. The summed E-state index contributed by atoms with van der Waals surface area (Å²) in [5.74, 6) is 1.71. The van der Waals surface area contributed by atoms with Gasteiger partial charge >= 0.3 is 0 Å². The highest BCUT2D eigenvalue weighted by atomic mass is 16.5. The van der Waals surface area contributed by atoms with Crippen LogP contribution >= 0.6 is 0 Å². The summed E-state index contributed by atoms with van der Waals surface area (Å²) in [6, 6.07) is 6.31. The minimum atomic E-state index is -0.183. The van der Waals surface area contributed by atoms with E-state index in [1.165, 1.54) is 24.0 Å². The molecule has 1 fully saturated rings. The van der Waals surface area contributed by atoms with E-state index in [0.717, 1.165) is 24.5 Å². The first-order chi connectivity index (χ1) is 8.09. The normalized spacial score (nSPS) is 28.4. The third-order valence-electron chi connectivity index (χ3n) is 4.12. The molecule has 2 N–H and O–H groups in total. The van der Waals surface area contributed by atoms with Gasteiger partial charge in [0.2, 0.25) is 0 Å². The van der Waals surface area contributed by atoms with Gasteiger partial charge in [0, 0.05) is 11.1 Å². The van der Waals surface area contributed by atoms with Crippen LogP contribution in [0.1, 0.15) is 43.7 Å². The van der Waals surface area contributed by atoms with Crippen LogP contribution in [0.15, 0.2) is 18.2 Å². The van der Waals surface area contributed by atoms with Crippen LogP contribution in [0, 0.1) is 12.8 Å². The Hall–Kier alpha value is -1.02. The molecule has 0 aromatic heterocycles. The number of methoxy groups -OCH3 is 1. The molecule has 0 radical (unpaired) electrons. The zero-order chi connectivity index (χ0) is 12.5. The van der Waals surface area contributed by atoms with Crippen LogP contribution in [0.3, 0.4) is 0 Å². The van der Waals surface area contributed by atoms with Crippen LogP contribution in [0.5, 0.6) is 5.75 Å². The number of benzene rings is 1. The lowest BCUT2D eigenvalue weighted by Crippen LogP contribution is -2.34. The van der Waals surface area contributed by atoms with Gasteiger partial charge in [-0.15, -0.1) is 0 Å². The van der Waals surface area contributed by atoms with Crippen LogP contribution in [0.2, 0.25) is 0 Å². The van der Waals surface area contributed by atoms with Crippen LogP contribution in [-0.4, -0.2) is 7.11 Å². The molecule has 17 heavy (non-hydrogen) atoms. The molecule has 2 nitrogen and oxygen atoms in total. The highest BCUT2D eigenvalue weighted by Gasteiger charge is 2.38. The predicted molar refractivity (Wildman–Crippen MR) is 71.2 cm³/mol. The highest BCUT2D eigenvalue weighted by Crippen LogP contribution is 2.44. The molecule has 0 spiro atoms. The van der Waals surface area contributed by atoms with Crippen molar-refractivity contribution < 1.29 is 4.74 Å². The van der Waals surface area contributed by atoms with Gasteiger partial charge in [-0.1, -0.05) is 31.0 Å². The number of ether oxygens (including phenoxy) is 1. The Labute approximate surface area is 104 Å². The molecule has 1 aliphatic carbocycles. The Kier molecular flexibility index (Phi) is 3.43. The minimum absolute atomic E-state index is 0.183.